The van der Waals surface area contributed by atoms with Crippen LogP contribution in [0.5, 0.6) is 0 Å². The van der Waals surface area contributed by atoms with Gasteiger partial charge in [0.1, 0.15) is 0 Å². The second-order valence-corrected chi connectivity index (χ2v) is 7.53. The molecule has 2 aromatic carbocycles. The Labute approximate surface area is 157 Å². The summed E-state index contributed by atoms with van der Waals surface area (Å²) in [6.45, 7) is 4.13. The number of aryl methyl sites for hydroxylation is 1. The van der Waals surface area contributed by atoms with Gasteiger partial charge in [-0.3, -0.25) is 4.79 Å². The van der Waals surface area contributed by atoms with Crippen LogP contribution in [0.1, 0.15) is 28.8 Å². The molecular formula is C21H23F2N3O. The Morgan fingerprint density at radius 3 is 2.48 bits per heavy atom. The molecule has 1 saturated carbocycles. The summed E-state index contributed by atoms with van der Waals surface area (Å²) >= 11 is 0. The molecular weight excluding hydrogens is 348 g/mol. The Bertz CT molecular complexity index is 843. The molecule has 0 radical (unpaired) electrons. The number of likely N-dealkylation sites (tertiary alicyclic amines) is 1. The van der Waals surface area contributed by atoms with E-state index < -0.39 is 11.6 Å². The highest BCUT2D eigenvalue weighted by atomic mass is 19.2. The Morgan fingerprint density at radius 2 is 1.81 bits per heavy atom. The predicted octanol–water partition coefficient (Wildman–Crippen LogP) is 3.84. The number of carbonyl (C=O) groups is 1. The van der Waals surface area contributed by atoms with Crippen molar-refractivity contribution in [3.63, 3.8) is 0 Å². The fourth-order valence-corrected chi connectivity index (χ4v) is 3.23. The fraction of sp³-hybridized carbons (Fsp3) is 0.381. The van der Waals surface area contributed by atoms with Crippen LogP contribution in [-0.2, 0) is 0 Å². The first-order valence-electron chi connectivity index (χ1n) is 9.35. The van der Waals surface area contributed by atoms with Crippen molar-refractivity contribution in [3.05, 3.63) is 59.2 Å². The summed E-state index contributed by atoms with van der Waals surface area (Å²) in [6, 6.07) is 9.92. The zero-order valence-corrected chi connectivity index (χ0v) is 15.3. The van der Waals surface area contributed by atoms with Crippen molar-refractivity contribution in [1.29, 1.82) is 0 Å². The number of anilines is 2. The van der Waals surface area contributed by atoms with Crippen LogP contribution in [0.15, 0.2) is 36.4 Å². The van der Waals surface area contributed by atoms with E-state index in [1.54, 1.807) is 17.0 Å². The number of benzene rings is 2. The summed E-state index contributed by atoms with van der Waals surface area (Å²) in [5.74, 6) is -1.52. The number of rotatable bonds is 6. The Hall–Kier alpha value is -2.47. The van der Waals surface area contributed by atoms with Gasteiger partial charge in [-0.05, 0) is 56.5 Å². The number of nitrogens with zero attached hydrogens (tertiary/aromatic N) is 1. The Balaban J connectivity index is 1.49. The molecule has 1 aliphatic heterocycles. The van der Waals surface area contributed by atoms with Crippen LogP contribution in [0.2, 0.25) is 0 Å². The first-order chi connectivity index (χ1) is 13.0. The van der Waals surface area contributed by atoms with E-state index >= 15 is 0 Å². The normalized spacial score (nSPS) is 16.9. The SMILES string of the molecule is Cc1ccc(Nc2c(C(=O)N3CC(NCC4CC4)C3)ccc(F)c2F)cc1. The number of hydrogen-bond acceptors (Lipinski definition) is 3. The van der Waals surface area contributed by atoms with E-state index in [2.05, 4.69) is 10.6 Å². The van der Waals surface area contributed by atoms with Gasteiger partial charge < -0.3 is 15.5 Å². The van der Waals surface area contributed by atoms with Crippen LogP contribution in [-0.4, -0.2) is 36.5 Å². The summed E-state index contributed by atoms with van der Waals surface area (Å²) in [5, 5.41) is 6.33. The molecule has 0 aromatic heterocycles. The van der Waals surface area contributed by atoms with Crippen LogP contribution in [0, 0.1) is 24.5 Å². The van der Waals surface area contributed by atoms with E-state index in [-0.39, 0.29) is 23.2 Å². The summed E-state index contributed by atoms with van der Waals surface area (Å²) < 4.78 is 28.2. The minimum Gasteiger partial charge on any atom is -0.352 e. The average Bonchev–Trinajstić information content (AvgIpc) is 3.44. The molecule has 1 heterocycles. The molecule has 2 aliphatic rings. The number of carbonyl (C=O) groups excluding carboxylic acids is 1. The van der Waals surface area contributed by atoms with Gasteiger partial charge >= 0.3 is 0 Å². The van der Waals surface area contributed by atoms with Gasteiger partial charge in [0.05, 0.1) is 11.3 Å². The van der Waals surface area contributed by atoms with Crippen LogP contribution < -0.4 is 10.6 Å². The van der Waals surface area contributed by atoms with Gasteiger partial charge in [-0.1, -0.05) is 17.7 Å². The van der Waals surface area contributed by atoms with E-state index in [0.717, 1.165) is 24.1 Å². The number of hydrogen-bond donors (Lipinski definition) is 2. The molecule has 2 aromatic rings. The van der Waals surface area contributed by atoms with E-state index in [4.69, 9.17) is 0 Å². The van der Waals surface area contributed by atoms with Crippen LogP contribution >= 0.6 is 0 Å². The molecule has 1 aliphatic carbocycles. The third-order valence-electron chi connectivity index (χ3n) is 5.21. The van der Waals surface area contributed by atoms with E-state index in [1.807, 2.05) is 19.1 Å². The lowest BCUT2D eigenvalue weighted by molar-refractivity contribution is 0.0567. The maximum absolute atomic E-state index is 14.4. The molecule has 4 nitrogen and oxygen atoms in total. The first kappa shape index (κ1) is 17.9. The highest BCUT2D eigenvalue weighted by Crippen LogP contribution is 2.30. The molecule has 142 valence electrons. The maximum Gasteiger partial charge on any atom is 0.256 e. The standard InChI is InChI=1S/C21H23F2N3O/c1-13-2-6-15(7-3-13)25-20-17(8-9-18(22)19(20)23)21(27)26-11-16(12-26)24-10-14-4-5-14/h2-3,6-9,14,16,24-25H,4-5,10-12H2,1H3. The molecule has 1 saturated heterocycles. The first-order valence-corrected chi connectivity index (χ1v) is 9.35. The minimum atomic E-state index is -1.04. The van der Waals surface area contributed by atoms with Crippen molar-refractivity contribution < 1.29 is 13.6 Å². The fourth-order valence-electron chi connectivity index (χ4n) is 3.23. The molecule has 6 heteroatoms. The summed E-state index contributed by atoms with van der Waals surface area (Å²) in [4.78, 5) is 14.5. The molecule has 2 N–H and O–H groups in total. The monoisotopic (exact) mass is 371 g/mol. The van der Waals surface area contributed by atoms with Crippen LogP contribution in [0.4, 0.5) is 20.2 Å². The quantitative estimate of drug-likeness (QED) is 0.811. The Kier molecular flexibility index (Phi) is 4.83. The molecule has 0 unspecified atom stereocenters. The van der Waals surface area contributed by atoms with Crippen LogP contribution in [0.25, 0.3) is 0 Å². The predicted molar refractivity (Wildman–Crippen MR) is 101 cm³/mol. The highest BCUT2D eigenvalue weighted by Gasteiger charge is 2.34. The molecule has 0 atom stereocenters. The van der Waals surface area contributed by atoms with Gasteiger partial charge in [0.25, 0.3) is 5.91 Å². The maximum atomic E-state index is 14.4. The zero-order chi connectivity index (χ0) is 19.0. The number of amides is 1. The summed E-state index contributed by atoms with van der Waals surface area (Å²) in [7, 11) is 0. The van der Waals surface area contributed by atoms with Crippen LogP contribution in [0.3, 0.4) is 0 Å². The molecule has 0 bridgehead atoms. The van der Waals surface area contributed by atoms with Crippen molar-refractivity contribution in [2.75, 3.05) is 25.0 Å². The summed E-state index contributed by atoms with van der Waals surface area (Å²) in [6.07, 6.45) is 2.57. The molecule has 1 amide bonds. The highest BCUT2D eigenvalue weighted by molar-refractivity contribution is 6.01. The van der Waals surface area contributed by atoms with Crippen molar-refractivity contribution in [2.24, 2.45) is 5.92 Å². The van der Waals surface area contributed by atoms with Crippen molar-refractivity contribution in [2.45, 2.75) is 25.8 Å². The lowest BCUT2D eigenvalue weighted by Gasteiger charge is -2.40. The Morgan fingerprint density at radius 1 is 1.11 bits per heavy atom. The third kappa shape index (κ3) is 3.95. The van der Waals surface area contributed by atoms with Crippen molar-refractivity contribution in [3.8, 4) is 0 Å². The largest absolute Gasteiger partial charge is 0.352 e. The smallest absolute Gasteiger partial charge is 0.256 e. The zero-order valence-electron chi connectivity index (χ0n) is 15.3. The second kappa shape index (κ2) is 7.27. The van der Waals surface area contributed by atoms with Gasteiger partial charge in [0.15, 0.2) is 11.6 Å². The van der Waals surface area contributed by atoms with Crippen molar-refractivity contribution in [1.82, 2.24) is 10.2 Å². The average molecular weight is 371 g/mol. The van der Waals surface area contributed by atoms with Gasteiger partial charge in [-0.15, -0.1) is 0 Å². The lowest BCUT2D eigenvalue weighted by Crippen LogP contribution is -2.60. The minimum absolute atomic E-state index is 0.113. The molecule has 0 spiro atoms. The van der Waals surface area contributed by atoms with Gasteiger partial charge in [-0.25, -0.2) is 8.78 Å². The lowest BCUT2D eigenvalue weighted by atomic mass is 10.0. The van der Waals surface area contributed by atoms with Crippen molar-refractivity contribution >= 4 is 17.3 Å². The van der Waals surface area contributed by atoms with E-state index in [1.165, 1.54) is 18.9 Å². The van der Waals surface area contributed by atoms with Gasteiger partial charge in [0.2, 0.25) is 0 Å². The third-order valence-corrected chi connectivity index (χ3v) is 5.21. The topological polar surface area (TPSA) is 44.4 Å². The molecule has 4 rings (SSSR count). The summed E-state index contributed by atoms with van der Waals surface area (Å²) in [5.41, 5.74) is 1.70. The second-order valence-electron chi connectivity index (χ2n) is 7.53. The van der Waals surface area contributed by atoms with E-state index in [0.29, 0.717) is 18.8 Å². The number of halogens is 2. The molecule has 27 heavy (non-hydrogen) atoms. The van der Waals surface area contributed by atoms with E-state index in [9.17, 15) is 13.6 Å². The van der Waals surface area contributed by atoms with Gasteiger partial charge in [0, 0.05) is 24.8 Å². The van der Waals surface area contributed by atoms with Gasteiger partial charge in [-0.2, -0.15) is 0 Å². The molecule has 2 fully saturated rings. The number of nitrogens with one attached hydrogen (secondary N) is 2.